The number of benzene rings is 7. The Bertz CT molecular complexity index is 3080. The minimum atomic E-state index is -0.217. The number of phenolic OH excluding ortho intramolecular Hbond substituents is 1. The molecule has 0 spiro atoms. The fourth-order valence-corrected chi connectivity index (χ4v) is 9.84. The van der Waals surface area contributed by atoms with Crippen LogP contribution < -0.4 is 0 Å². The summed E-state index contributed by atoms with van der Waals surface area (Å²) in [7, 11) is 0. The molecule has 268 valence electrons. The molecule has 2 aliphatic carbocycles. The van der Waals surface area contributed by atoms with Crippen molar-refractivity contribution in [3.8, 4) is 67.3 Å². The molecular formula is C52H39N3O. The second-order valence-corrected chi connectivity index (χ2v) is 16.4. The Labute approximate surface area is 326 Å². The zero-order valence-corrected chi connectivity index (χ0v) is 31.8. The summed E-state index contributed by atoms with van der Waals surface area (Å²) in [5, 5.41) is 11.5. The third-order valence-electron chi connectivity index (χ3n) is 12.5. The standard InChI is InChI=1S/C52H39N3O/c1-51(2)42-29-33(31-16-18-32(19-17-31)50-54-44-14-8-9-15-45(44)55(50)35-11-6-5-7-12-35)20-22-37(42)39-24-25-40-38-23-21-34(30-43(38)52(3,4)48(40)47(39)51)36-26-27-46(56)49-41(36)13-10-28-53-49/h5-30,56H,1-4H3. The van der Waals surface area contributed by atoms with Gasteiger partial charge in [0.2, 0.25) is 0 Å². The quantitative estimate of drug-likeness (QED) is 0.197. The number of hydrogen-bond donors (Lipinski definition) is 1. The SMILES string of the molecule is CC1(C)c2cc(-c3ccc(-c4nc5ccccc5n4-c4ccccc4)cc3)ccc2-c2ccc3c(c21)C(C)(C)c1cc(-c2ccc(O)c4ncccc24)ccc1-3. The lowest BCUT2D eigenvalue weighted by molar-refractivity contribution is 0.480. The van der Waals surface area contributed by atoms with Crippen LogP contribution in [0.15, 0.2) is 158 Å². The molecule has 0 aliphatic heterocycles. The summed E-state index contributed by atoms with van der Waals surface area (Å²) in [5.74, 6) is 1.14. The van der Waals surface area contributed by atoms with Crippen LogP contribution in [0.2, 0.25) is 0 Å². The van der Waals surface area contributed by atoms with Crippen LogP contribution >= 0.6 is 0 Å². The molecule has 0 fully saturated rings. The largest absolute Gasteiger partial charge is 0.506 e. The van der Waals surface area contributed by atoms with E-state index in [1.54, 1.807) is 12.3 Å². The molecule has 11 rings (SSSR count). The van der Waals surface area contributed by atoms with Crippen LogP contribution in [0.5, 0.6) is 5.75 Å². The summed E-state index contributed by atoms with van der Waals surface area (Å²) >= 11 is 0. The molecule has 4 nitrogen and oxygen atoms in total. The predicted molar refractivity (Wildman–Crippen MR) is 229 cm³/mol. The number of aromatic nitrogens is 3. The topological polar surface area (TPSA) is 50.9 Å². The Hall–Kier alpha value is -6.78. The monoisotopic (exact) mass is 721 g/mol. The van der Waals surface area contributed by atoms with E-state index < -0.39 is 0 Å². The van der Waals surface area contributed by atoms with Gasteiger partial charge in [-0.3, -0.25) is 9.55 Å². The van der Waals surface area contributed by atoms with E-state index in [1.165, 1.54) is 55.6 Å². The summed E-state index contributed by atoms with van der Waals surface area (Å²) < 4.78 is 2.26. The third kappa shape index (κ3) is 4.53. The number of nitrogens with zero attached hydrogens (tertiary/aromatic N) is 3. The second kappa shape index (κ2) is 11.6. The summed E-state index contributed by atoms with van der Waals surface area (Å²) in [6.45, 7) is 9.57. The van der Waals surface area contributed by atoms with Gasteiger partial charge in [-0.1, -0.05) is 125 Å². The van der Waals surface area contributed by atoms with Crippen LogP contribution in [-0.4, -0.2) is 19.6 Å². The normalized spacial score (nSPS) is 14.4. The molecule has 0 bridgehead atoms. The van der Waals surface area contributed by atoms with Crippen LogP contribution in [0.25, 0.3) is 83.5 Å². The highest BCUT2D eigenvalue weighted by Crippen LogP contribution is 2.59. The highest BCUT2D eigenvalue weighted by atomic mass is 16.3. The number of hydrogen-bond acceptors (Lipinski definition) is 3. The molecule has 0 saturated heterocycles. The molecule has 0 saturated carbocycles. The molecule has 2 heterocycles. The summed E-state index contributed by atoms with van der Waals surface area (Å²) in [5.41, 5.74) is 19.9. The first-order valence-electron chi connectivity index (χ1n) is 19.4. The van der Waals surface area contributed by atoms with Crippen molar-refractivity contribution < 1.29 is 5.11 Å². The van der Waals surface area contributed by atoms with E-state index in [-0.39, 0.29) is 16.6 Å². The van der Waals surface area contributed by atoms with E-state index in [4.69, 9.17) is 4.98 Å². The average Bonchev–Trinajstić information content (AvgIpc) is 3.81. The van der Waals surface area contributed by atoms with E-state index >= 15 is 0 Å². The Morgan fingerprint density at radius 1 is 0.500 bits per heavy atom. The van der Waals surface area contributed by atoms with Crippen LogP contribution in [0.1, 0.15) is 49.9 Å². The van der Waals surface area contributed by atoms with Gasteiger partial charge in [-0.15, -0.1) is 0 Å². The van der Waals surface area contributed by atoms with E-state index in [0.29, 0.717) is 5.52 Å². The van der Waals surface area contributed by atoms with Gasteiger partial charge in [-0.05, 0) is 121 Å². The molecule has 0 radical (unpaired) electrons. The van der Waals surface area contributed by atoms with Crippen molar-refractivity contribution in [3.63, 3.8) is 0 Å². The van der Waals surface area contributed by atoms with E-state index in [9.17, 15) is 5.11 Å². The van der Waals surface area contributed by atoms with Crippen molar-refractivity contribution >= 4 is 21.9 Å². The number of phenols is 1. The van der Waals surface area contributed by atoms with Gasteiger partial charge >= 0.3 is 0 Å². The second-order valence-electron chi connectivity index (χ2n) is 16.4. The van der Waals surface area contributed by atoms with Crippen LogP contribution in [-0.2, 0) is 10.8 Å². The lowest BCUT2D eigenvalue weighted by atomic mass is 9.72. The van der Waals surface area contributed by atoms with E-state index in [2.05, 4.69) is 159 Å². The van der Waals surface area contributed by atoms with Gasteiger partial charge < -0.3 is 5.11 Å². The zero-order chi connectivity index (χ0) is 37.9. The predicted octanol–water partition coefficient (Wildman–Crippen LogP) is 12.9. The van der Waals surface area contributed by atoms with Crippen LogP contribution in [0, 0.1) is 0 Å². The van der Waals surface area contributed by atoms with Crippen molar-refractivity contribution in [2.45, 2.75) is 38.5 Å². The minimum Gasteiger partial charge on any atom is -0.506 e. The Morgan fingerprint density at radius 2 is 1.07 bits per heavy atom. The molecular weight excluding hydrogens is 683 g/mol. The van der Waals surface area contributed by atoms with Gasteiger partial charge in [0.25, 0.3) is 0 Å². The maximum atomic E-state index is 10.6. The molecule has 1 N–H and O–H groups in total. The maximum absolute atomic E-state index is 10.6. The Balaban J connectivity index is 0.968. The molecule has 56 heavy (non-hydrogen) atoms. The number of aromatic hydroxyl groups is 1. The lowest BCUT2D eigenvalue weighted by Crippen LogP contribution is -2.24. The first kappa shape index (κ1) is 32.6. The molecule has 0 atom stereocenters. The van der Waals surface area contributed by atoms with E-state index in [1.807, 2.05) is 24.3 Å². The van der Waals surface area contributed by atoms with Crippen molar-refractivity contribution in [1.29, 1.82) is 0 Å². The number of para-hydroxylation sites is 3. The summed E-state index contributed by atoms with van der Waals surface area (Å²) in [6, 6.07) is 54.1. The number of rotatable bonds is 4. The number of pyridine rings is 1. The number of imidazole rings is 1. The smallest absolute Gasteiger partial charge is 0.145 e. The molecule has 2 aromatic heterocycles. The van der Waals surface area contributed by atoms with Crippen molar-refractivity contribution in [3.05, 3.63) is 180 Å². The van der Waals surface area contributed by atoms with Gasteiger partial charge in [0.05, 0.1) is 11.0 Å². The van der Waals surface area contributed by atoms with E-state index in [0.717, 1.165) is 44.6 Å². The summed E-state index contributed by atoms with van der Waals surface area (Å²) in [4.78, 5) is 9.58. The molecule has 2 aliphatic rings. The maximum Gasteiger partial charge on any atom is 0.145 e. The molecule has 7 aromatic carbocycles. The fraction of sp³-hybridized carbons (Fsp3) is 0.115. The minimum absolute atomic E-state index is 0.201. The zero-order valence-electron chi connectivity index (χ0n) is 31.8. The van der Waals surface area contributed by atoms with Crippen molar-refractivity contribution in [1.82, 2.24) is 14.5 Å². The summed E-state index contributed by atoms with van der Waals surface area (Å²) in [6.07, 6.45) is 1.74. The fourth-order valence-electron chi connectivity index (χ4n) is 9.84. The highest BCUT2D eigenvalue weighted by Gasteiger charge is 2.46. The van der Waals surface area contributed by atoms with Gasteiger partial charge in [0.1, 0.15) is 17.1 Å². The van der Waals surface area contributed by atoms with Gasteiger partial charge in [0.15, 0.2) is 0 Å². The van der Waals surface area contributed by atoms with Crippen molar-refractivity contribution in [2.75, 3.05) is 0 Å². The highest BCUT2D eigenvalue weighted by molar-refractivity contribution is 5.99. The van der Waals surface area contributed by atoms with Crippen molar-refractivity contribution in [2.24, 2.45) is 0 Å². The van der Waals surface area contributed by atoms with Crippen LogP contribution in [0.4, 0.5) is 0 Å². The lowest BCUT2D eigenvalue weighted by Gasteiger charge is -2.31. The molecule has 4 heteroatoms. The first-order chi connectivity index (χ1) is 27.2. The molecule has 0 amide bonds. The Kier molecular flexibility index (Phi) is 6.77. The van der Waals surface area contributed by atoms with Gasteiger partial charge in [-0.25, -0.2) is 4.98 Å². The third-order valence-corrected chi connectivity index (χ3v) is 12.5. The van der Waals surface area contributed by atoms with Gasteiger partial charge in [0, 0.05) is 33.7 Å². The average molecular weight is 722 g/mol. The number of fused-ring (bicyclic) bond motifs is 9. The first-order valence-corrected chi connectivity index (χ1v) is 19.4. The molecule has 9 aromatic rings. The van der Waals surface area contributed by atoms with Crippen LogP contribution in [0.3, 0.4) is 0 Å². The molecule has 0 unspecified atom stereocenters. The van der Waals surface area contributed by atoms with Gasteiger partial charge in [-0.2, -0.15) is 0 Å². The Morgan fingerprint density at radius 3 is 1.79 bits per heavy atom.